The van der Waals surface area contributed by atoms with Gasteiger partial charge in [-0.2, -0.15) is 0 Å². The Kier molecular flexibility index (Phi) is 4.47. The topological polar surface area (TPSA) is 108 Å². The molecule has 3 rings (SSSR count). The number of aryl methyl sites for hydroxylation is 1. The van der Waals surface area contributed by atoms with Gasteiger partial charge < -0.3 is 15.7 Å². The predicted molar refractivity (Wildman–Crippen MR) is 90.5 cm³/mol. The molecule has 7 nitrogen and oxygen atoms in total. The lowest BCUT2D eigenvalue weighted by Gasteiger charge is -2.20. The van der Waals surface area contributed by atoms with Crippen molar-refractivity contribution in [2.75, 3.05) is 5.32 Å². The van der Waals surface area contributed by atoms with Crippen molar-refractivity contribution in [3.8, 4) is 0 Å². The molecule has 3 N–H and O–H groups in total. The summed E-state index contributed by atoms with van der Waals surface area (Å²) in [6.45, 7) is 1.86. The molecule has 1 atom stereocenters. The molecule has 2 heterocycles. The van der Waals surface area contributed by atoms with Crippen LogP contribution in [0, 0.1) is 0 Å². The van der Waals surface area contributed by atoms with Gasteiger partial charge in [0.15, 0.2) is 0 Å². The quantitative estimate of drug-likeness (QED) is 0.791. The van der Waals surface area contributed by atoms with E-state index in [1.165, 1.54) is 18.3 Å². The Bertz CT molecular complexity index is 846. The van der Waals surface area contributed by atoms with Gasteiger partial charge in [0.25, 0.3) is 5.91 Å². The third-order valence-electron chi connectivity index (χ3n) is 4.12. The monoisotopic (exact) mass is 339 g/mol. The van der Waals surface area contributed by atoms with E-state index in [1.807, 2.05) is 25.1 Å². The summed E-state index contributed by atoms with van der Waals surface area (Å²) in [7, 11) is 0. The number of fused-ring (bicyclic) bond motifs is 1. The highest BCUT2D eigenvalue weighted by Crippen LogP contribution is 2.26. The van der Waals surface area contributed by atoms with Crippen molar-refractivity contribution in [1.82, 2.24) is 10.3 Å². The van der Waals surface area contributed by atoms with Crippen LogP contribution in [-0.4, -0.2) is 27.9 Å². The molecule has 0 saturated carbocycles. The van der Waals surface area contributed by atoms with Gasteiger partial charge in [0.2, 0.25) is 5.91 Å². The van der Waals surface area contributed by atoms with Gasteiger partial charge >= 0.3 is 5.97 Å². The highest BCUT2D eigenvalue weighted by atomic mass is 16.4. The minimum atomic E-state index is -1.14. The van der Waals surface area contributed by atoms with Gasteiger partial charge in [-0.25, -0.2) is 9.78 Å². The summed E-state index contributed by atoms with van der Waals surface area (Å²) in [5.74, 6) is -1.46. The number of carboxylic acids is 1. The zero-order valence-corrected chi connectivity index (χ0v) is 13.6. The number of aromatic carboxylic acids is 1. The number of hydrogen-bond acceptors (Lipinski definition) is 4. The summed E-state index contributed by atoms with van der Waals surface area (Å²) >= 11 is 0. The molecular weight excluding hydrogens is 322 g/mol. The maximum Gasteiger partial charge on any atom is 0.354 e. The summed E-state index contributed by atoms with van der Waals surface area (Å²) < 4.78 is 0. The van der Waals surface area contributed by atoms with Gasteiger partial charge in [0, 0.05) is 18.3 Å². The maximum absolute atomic E-state index is 12.3. The highest BCUT2D eigenvalue weighted by Gasteiger charge is 2.18. The Morgan fingerprint density at radius 2 is 2.04 bits per heavy atom. The lowest BCUT2D eigenvalue weighted by Crippen LogP contribution is -2.27. The molecule has 0 bridgehead atoms. The van der Waals surface area contributed by atoms with E-state index < -0.39 is 5.97 Å². The first kappa shape index (κ1) is 16.6. The van der Waals surface area contributed by atoms with Crippen LogP contribution in [0.5, 0.6) is 0 Å². The van der Waals surface area contributed by atoms with E-state index in [9.17, 15) is 14.4 Å². The lowest BCUT2D eigenvalue weighted by atomic mass is 9.97. The Labute approximate surface area is 144 Å². The van der Waals surface area contributed by atoms with Gasteiger partial charge in [-0.15, -0.1) is 0 Å². The zero-order chi connectivity index (χ0) is 18.0. The lowest BCUT2D eigenvalue weighted by molar-refractivity contribution is -0.116. The molecule has 0 saturated heterocycles. The first-order chi connectivity index (χ1) is 11.9. The molecule has 0 fully saturated rings. The van der Waals surface area contributed by atoms with Crippen molar-refractivity contribution in [3.05, 3.63) is 58.9 Å². The average Bonchev–Trinajstić information content (AvgIpc) is 2.61. The minimum Gasteiger partial charge on any atom is -0.477 e. The van der Waals surface area contributed by atoms with Crippen LogP contribution in [-0.2, 0) is 11.2 Å². The number of aromatic nitrogens is 1. The number of benzene rings is 1. The van der Waals surface area contributed by atoms with Crippen LogP contribution in [0.25, 0.3) is 0 Å². The Morgan fingerprint density at radius 3 is 2.72 bits per heavy atom. The number of carbonyl (C=O) groups is 3. The molecule has 0 spiro atoms. The molecule has 0 unspecified atom stereocenters. The van der Waals surface area contributed by atoms with Crippen molar-refractivity contribution in [2.45, 2.75) is 25.8 Å². The fourth-order valence-corrected chi connectivity index (χ4v) is 2.69. The van der Waals surface area contributed by atoms with E-state index in [0.29, 0.717) is 18.4 Å². The minimum absolute atomic E-state index is 0.0129. The molecule has 25 heavy (non-hydrogen) atoms. The van der Waals surface area contributed by atoms with Crippen molar-refractivity contribution < 1.29 is 19.5 Å². The fraction of sp³-hybridized carbons (Fsp3) is 0.222. The third kappa shape index (κ3) is 3.65. The van der Waals surface area contributed by atoms with Crippen LogP contribution in [0.2, 0.25) is 0 Å². The fourth-order valence-electron chi connectivity index (χ4n) is 2.69. The van der Waals surface area contributed by atoms with Gasteiger partial charge in [0.1, 0.15) is 5.69 Å². The van der Waals surface area contributed by atoms with Gasteiger partial charge in [0.05, 0.1) is 11.6 Å². The number of anilines is 1. The van der Waals surface area contributed by atoms with Crippen LogP contribution in [0.15, 0.2) is 36.5 Å². The summed E-state index contributed by atoms with van der Waals surface area (Å²) in [6, 6.07) is 8.17. The first-order valence-corrected chi connectivity index (χ1v) is 7.87. The summed E-state index contributed by atoms with van der Waals surface area (Å²) in [5.41, 5.74) is 2.97. The molecule has 1 aromatic carbocycles. The number of pyridine rings is 1. The van der Waals surface area contributed by atoms with Crippen LogP contribution >= 0.6 is 0 Å². The summed E-state index contributed by atoms with van der Waals surface area (Å²) in [4.78, 5) is 38.2. The standard InChI is InChI=1S/C18H17N3O4/c1-10(11-2-5-14-12(8-11)4-7-16(22)21-14)20-17(23)13-3-6-15(18(24)25)19-9-13/h2-3,5-6,8-10H,4,7H2,1H3,(H,20,23)(H,21,22)(H,24,25)/t10-/m0/s1. The number of rotatable bonds is 4. The number of amides is 2. The average molecular weight is 339 g/mol. The molecule has 1 aliphatic rings. The van der Waals surface area contributed by atoms with Crippen LogP contribution < -0.4 is 10.6 Å². The van der Waals surface area contributed by atoms with Crippen molar-refractivity contribution in [2.24, 2.45) is 0 Å². The van der Waals surface area contributed by atoms with Gasteiger partial charge in [-0.1, -0.05) is 12.1 Å². The maximum atomic E-state index is 12.3. The second kappa shape index (κ2) is 6.72. The second-order valence-corrected chi connectivity index (χ2v) is 5.90. The Morgan fingerprint density at radius 1 is 1.24 bits per heavy atom. The van der Waals surface area contributed by atoms with E-state index in [1.54, 1.807) is 0 Å². The first-order valence-electron chi connectivity index (χ1n) is 7.87. The molecule has 2 amide bonds. The normalized spacial score (nSPS) is 14.2. The Hall–Kier alpha value is -3.22. The number of hydrogen-bond donors (Lipinski definition) is 3. The van der Waals surface area contributed by atoms with E-state index >= 15 is 0 Å². The van der Waals surface area contributed by atoms with Gasteiger partial charge in [-0.3, -0.25) is 9.59 Å². The largest absolute Gasteiger partial charge is 0.477 e. The molecular formula is C18H17N3O4. The molecule has 128 valence electrons. The summed E-state index contributed by atoms with van der Waals surface area (Å²) in [6.07, 6.45) is 2.38. The van der Waals surface area contributed by atoms with Gasteiger partial charge in [-0.05, 0) is 42.7 Å². The van der Waals surface area contributed by atoms with E-state index in [0.717, 1.165) is 16.8 Å². The van der Waals surface area contributed by atoms with E-state index in [-0.39, 0.29) is 23.6 Å². The molecule has 0 radical (unpaired) electrons. The molecule has 1 aliphatic heterocycles. The van der Waals surface area contributed by atoms with Crippen LogP contribution in [0.4, 0.5) is 5.69 Å². The van der Waals surface area contributed by atoms with Crippen molar-refractivity contribution >= 4 is 23.5 Å². The van der Waals surface area contributed by atoms with E-state index in [4.69, 9.17) is 5.11 Å². The third-order valence-corrected chi connectivity index (χ3v) is 4.12. The highest BCUT2D eigenvalue weighted by molar-refractivity contribution is 5.95. The van der Waals surface area contributed by atoms with Crippen LogP contribution in [0.3, 0.4) is 0 Å². The Balaban J connectivity index is 1.71. The number of carboxylic acid groups (broad SMARTS) is 1. The summed E-state index contributed by atoms with van der Waals surface area (Å²) in [5, 5.41) is 14.5. The van der Waals surface area contributed by atoms with Crippen molar-refractivity contribution in [1.29, 1.82) is 0 Å². The number of nitrogens with zero attached hydrogens (tertiary/aromatic N) is 1. The SMILES string of the molecule is C[C@H](NC(=O)c1ccc(C(=O)O)nc1)c1ccc2c(c1)CCC(=O)N2. The van der Waals surface area contributed by atoms with E-state index in [2.05, 4.69) is 15.6 Å². The number of nitrogens with one attached hydrogen (secondary N) is 2. The predicted octanol–water partition coefficient (Wildman–Crippen LogP) is 2.16. The zero-order valence-electron chi connectivity index (χ0n) is 13.6. The van der Waals surface area contributed by atoms with Crippen molar-refractivity contribution in [3.63, 3.8) is 0 Å². The molecule has 1 aromatic heterocycles. The molecule has 0 aliphatic carbocycles. The smallest absolute Gasteiger partial charge is 0.354 e. The number of carbonyl (C=O) groups excluding carboxylic acids is 2. The second-order valence-electron chi connectivity index (χ2n) is 5.90. The molecule has 7 heteroatoms. The molecule has 2 aromatic rings. The van der Waals surface area contributed by atoms with Crippen LogP contribution in [0.1, 0.15) is 51.4 Å².